The zero-order valence-electron chi connectivity index (χ0n) is 9.89. The minimum absolute atomic E-state index is 0. The summed E-state index contributed by atoms with van der Waals surface area (Å²) in [5, 5.41) is 0. The van der Waals surface area contributed by atoms with Gasteiger partial charge in [0, 0.05) is 0 Å². The van der Waals surface area contributed by atoms with Crippen LogP contribution in [0.2, 0.25) is 0 Å². The second-order valence-corrected chi connectivity index (χ2v) is 2.99. The molecular weight excluding hydrogens is 249 g/mol. The minimum atomic E-state index is -0.457. The zero-order chi connectivity index (χ0) is 7.61. The molecule has 0 aliphatic rings. The first kappa shape index (κ1) is 23.7. The molecule has 14 heavy (non-hydrogen) atoms. The summed E-state index contributed by atoms with van der Waals surface area (Å²) in [6.45, 7) is 3.78. The van der Waals surface area contributed by atoms with Crippen LogP contribution in [0.15, 0.2) is 30.3 Å². The Hall–Kier alpha value is 0.0631. The van der Waals surface area contributed by atoms with Gasteiger partial charge in [-0.05, 0) is 0 Å². The molecule has 2 heteroatoms. The third-order valence-corrected chi connectivity index (χ3v) is 1.50. The molecule has 0 heterocycles. The molecule has 0 aromatic heterocycles. The van der Waals surface area contributed by atoms with Gasteiger partial charge in [-0.15, -0.1) is 5.54 Å². The molecule has 1 aromatic carbocycles. The maximum Gasteiger partial charge on any atom is 4.00 e. The van der Waals surface area contributed by atoms with Crippen LogP contribution in [0.25, 0.3) is 5.73 Å². The van der Waals surface area contributed by atoms with Crippen molar-refractivity contribution in [3.63, 3.8) is 0 Å². The quantitative estimate of drug-likeness (QED) is 0.679. The summed E-state index contributed by atoms with van der Waals surface area (Å²) in [5.41, 5.74) is 8.28. The summed E-state index contributed by atoms with van der Waals surface area (Å²) < 4.78 is 0. The molecule has 0 unspecified atom stereocenters. The second kappa shape index (κ2) is 9.61. The van der Waals surface area contributed by atoms with Gasteiger partial charge in [0.1, 0.15) is 0 Å². The average molecular weight is 271 g/mol. The molecule has 0 amide bonds. The van der Waals surface area contributed by atoms with Crippen molar-refractivity contribution >= 4 is 0 Å². The maximum absolute atomic E-state index is 7.67. The van der Waals surface area contributed by atoms with E-state index in [9.17, 15) is 0 Å². The van der Waals surface area contributed by atoms with Crippen molar-refractivity contribution in [2.75, 3.05) is 0 Å². The molecular formula is C12H21NZr. The van der Waals surface area contributed by atoms with Gasteiger partial charge in [0.25, 0.3) is 0 Å². The molecule has 1 N–H and O–H groups in total. The SMILES string of the molecule is CC(C)([NH-])c1ccccc1.[CH3-].[CH3-].[CH3-].[Zr+4]. The molecule has 0 fully saturated rings. The van der Waals surface area contributed by atoms with Gasteiger partial charge in [-0.2, -0.15) is 0 Å². The summed E-state index contributed by atoms with van der Waals surface area (Å²) in [6.07, 6.45) is 0. The van der Waals surface area contributed by atoms with E-state index in [0.717, 1.165) is 5.56 Å². The maximum atomic E-state index is 7.67. The third-order valence-electron chi connectivity index (χ3n) is 1.50. The van der Waals surface area contributed by atoms with Crippen LogP contribution in [-0.4, -0.2) is 0 Å². The van der Waals surface area contributed by atoms with Crippen LogP contribution in [0, 0.1) is 22.3 Å². The summed E-state index contributed by atoms with van der Waals surface area (Å²) in [7, 11) is 0. The van der Waals surface area contributed by atoms with Crippen molar-refractivity contribution in [3.05, 3.63) is 63.9 Å². The van der Waals surface area contributed by atoms with E-state index < -0.39 is 5.54 Å². The van der Waals surface area contributed by atoms with Crippen LogP contribution in [-0.2, 0) is 31.7 Å². The molecule has 0 bridgehead atoms. The van der Waals surface area contributed by atoms with E-state index in [-0.39, 0.29) is 48.5 Å². The normalized spacial score (nSPS) is 8.21. The van der Waals surface area contributed by atoms with E-state index in [1.807, 2.05) is 44.2 Å². The first-order chi connectivity index (χ1) is 4.61. The molecule has 0 spiro atoms. The fraction of sp³-hybridized carbons (Fsp3) is 0.250. The molecule has 1 aromatic rings. The Kier molecular flexibility index (Phi) is 16.3. The molecule has 78 valence electrons. The predicted octanol–water partition coefficient (Wildman–Crippen LogP) is 4.32. The number of hydrogen-bond donors (Lipinski definition) is 0. The molecule has 0 radical (unpaired) electrons. The van der Waals surface area contributed by atoms with Crippen molar-refractivity contribution in [2.45, 2.75) is 19.4 Å². The van der Waals surface area contributed by atoms with Gasteiger partial charge >= 0.3 is 26.2 Å². The number of nitrogens with one attached hydrogen (secondary N) is 1. The number of benzene rings is 1. The van der Waals surface area contributed by atoms with Crippen LogP contribution < -0.4 is 0 Å². The van der Waals surface area contributed by atoms with Crippen molar-refractivity contribution in [1.29, 1.82) is 0 Å². The average Bonchev–Trinajstić information content (AvgIpc) is 1.88. The molecule has 0 atom stereocenters. The monoisotopic (exact) mass is 269 g/mol. The summed E-state index contributed by atoms with van der Waals surface area (Å²) in [5.74, 6) is 0. The molecule has 0 aliphatic heterocycles. The molecule has 1 nitrogen and oxygen atoms in total. The number of rotatable bonds is 1. The number of hydrogen-bond acceptors (Lipinski definition) is 0. The Labute approximate surface area is 109 Å². The molecule has 0 aliphatic carbocycles. The van der Waals surface area contributed by atoms with E-state index in [1.54, 1.807) is 0 Å². The largest absolute Gasteiger partial charge is 4.00 e. The fourth-order valence-corrected chi connectivity index (χ4v) is 0.855. The van der Waals surface area contributed by atoms with Gasteiger partial charge in [0.05, 0.1) is 0 Å². The zero-order valence-corrected chi connectivity index (χ0v) is 12.3. The molecule has 0 saturated carbocycles. The molecule has 1 rings (SSSR count). The van der Waals surface area contributed by atoms with Gasteiger partial charge < -0.3 is 28.0 Å². The van der Waals surface area contributed by atoms with Crippen LogP contribution in [0.4, 0.5) is 0 Å². The topological polar surface area (TPSA) is 23.8 Å². The Balaban J connectivity index is -0.000000125. The van der Waals surface area contributed by atoms with Gasteiger partial charge in [-0.3, -0.25) is 0 Å². The Morgan fingerprint density at radius 1 is 0.929 bits per heavy atom. The van der Waals surface area contributed by atoms with Gasteiger partial charge in [0.15, 0.2) is 0 Å². The predicted molar refractivity (Wildman–Crippen MR) is 63.0 cm³/mol. The summed E-state index contributed by atoms with van der Waals surface area (Å²) >= 11 is 0. The van der Waals surface area contributed by atoms with Crippen LogP contribution in [0.5, 0.6) is 0 Å². The third kappa shape index (κ3) is 7.47. The van der Waals surface area contributed by atoms with Crippen LogP contribution >= 0.6 is 0 Å². The van der Waals surface area contributed by atoms with E-state index in [0.29, 0.717) is 0 Å². The van der Waals surface area contributed by atoms with Crippen LogP contribution in [0.1, 0.15) is 19.4 Å². The van der Waals surface area contributed by atoms with E-state index in [1.165, 1.54) is 0 Å². The van der Waals surface area contributed by atoms with E-state index >= 15 is 0 Å². The van der Waals surface area contributed by atoms with Crippen molar-refractivity contribution in [3.8, 4) is 0 Å². The van der Waals surface area contributed by atoms with Crippen LogP contribution in [0.3, 0.4) is 0 Å². The van der Waals surface area contributed by atoms with Crippen molar-refractivity contribution in [1.82, 2.24) is 0 Å². The standard InChI is InChI=1S/C9H12N.3CH3.Zr/c1-9(2,10)8-6-4-3-5-7-8;;;;/h3-7,10H,1-2H3;3*1H3;/q4*-1;+4. The van der Waals surface area contributed by atoms with E-state index in [2.05, 4.69) is 0 Å². The van der Waals surface area contributed by atoms with Crippen molar-refractivity contribution < 1.29 is 26.2 Å². The first-order valence-electron chi connectivity index (χ1n) is 3.41. The summed E-state index contributed by atoms with van der Waals surface area (Å²) in [6, 6.07) is 9.85. The minimum Gasteiger partial charge on any atom is -0.669 e. The Bertz CT molecular complexity index is 201. The van der Waals surface area contributed by atoms with Gasteiger partial charge in [-0.25, -0.2) is 0 Å². The Morgan fingerprint density at radius 2 is 1.29 bits per heavy atom. The smallest absolute Gasteiger partial charge is 0.669 e. The second-order valence-electron chi connectivity index (χ2n) is 2.99. The van der Waals surface area contributed by atoms with E-state index in [4.69, 9.17) is 5.73 Å². The van der Waals surface area contributed by atoms with Gasteiger partial charge in [-0.1, -0.05) is 49.7 Å². The molecule has 0 saturated heterocycles. The first-order valence-corrected chi connectivity index (χ1v) is 3.41. The summed E-state index contributed by atoms with van der Waals surface area (Å²) in [4.78, 5) is 0. The fourth-order valence-electron chi connectivity index (χ4n) is 0.855. The van der Waals surface area contributed by atoms with Gasteiger partial charge in [0.2, 0.25) is 0 Å². The Morgan fingerprint density at radius 3 is 1.50 bits per heavy atom. The van der Waals surface area contributed by atoms with Crippen molar-refractivity contribution in [2.24, 2.45) is 0 Å².